The molecule has 116 valence electrons. The van der Waals surface area contributed by atoms with Gasteiger partial charge in [0.25, 0.3) is 0 Å². The summed E-state index contributed by atoms with van der Waals surface area (Å²) in [5.41, 5.74) is 0.367. The smallest absolute Gasteiger partial charge is 0.147 e. The van der Waals surface area contributed by atoms with E-state index < -0.39 is 0 Å². The standard InChI is InChI=1S/C16H27N5/c1-19(2)11-12-21-10-4-6-16(21)5-3-9-20(14-16)15-13-17-7-8-18-15/h7-8,13H,3-6,9-12,14H2,1-2H3/t16-/m0/s1. The van der Waals surface area contributed by atoms with E-state index in [0.717, 1.165) is 25.5 Å². The Hall–Kier alpha value is -1.20. The molecule has 21 heavy (non-hydrogen) atoms. The number of aromatic nitrogens is 2. The summed E-state index contributed by atoms with van der Waals surface area (Å²) in [6, 6.07) is 0. The molecule has 2 fully saturated rings. The van der Waals surface area contributed by atoms with Gasteiger partial charge in [0.15, 0.2) is 0 Å². The lowest BCUT2D eigenvalue weighted by molar-refractivity contribution is 0.108. The van der Waals surface area contributed by atoms with Crippen molar-refractivity contribution in [1.82, 2.24) is 19.8 Å². The van der Waals surface area contributed by atoms with Gasteiger partial charge in [-0.1, -0.05) is 0 Å². The van der Waals surface area contributed by atoms with Crippen molar-refractivity contribution < 1.29 is 0 Å². The van der Waals surface area contributed by atoms with Crippen molar-refractivity contribution in [1.29, 1.82) is 0 Å². The SMILES string of the molecule is CN(C)CCN1CCC[C@]12CCCN(c1cnccn1)C2. The van der Waals surface area contributed by atoms with Crippen molar-refractivity contribution >= 4 is 5.82 Å². The first-order valence-corrected chi connectivity index (χ1v) is 8.10. The zero-order valence-corrected chi connectivity index (χ0v) is 13.3. The Morgan fingerprint density at radius 1 is 1.19 bits per heavy atom. The van der Waals surface area contributed by atoms with Gasteiger partial charge in [-0.15, -0.1) is 0 Å². The van der Waals surface area contributed by atoms with Gasteiger partial charge in [-0.05, 0) is 46.3 Å². The van der Waals surface area contributed by atoms with E-state index >= 15 is 0 Å². The molecule has 0 bridgehead atoms. The maximum absolute atomic E-state index is 4.49. The molecular formula is C16H27N5. The third-order valence-electron chi connectivity index (χ3n) is 4.99. The Morgan fingerprint density at radius 3 is 2.71 bits per heavy atom. The van der Waals surface area contributed by atoms with Crippen molar-refractivity contribution in [3.63, 3.8) is 0 Å². The van der Waals surface area contributed by atoms with Gasteiger partial charge in [0.1, 0.15) is 5.82 Å². The van der Waals surface area contributed by atoms with Crippen LogP contribution in [0.2, 0.25) is 0 Å². The Bertz CT molecular complexity index is 449. The lowest BCUT2D eigenvalue weighted by Gasteiger charge is -2.46. The Kier molecular flexibility index (Phi) is 4.40. The molecule has 0 aromatic carbocycles. The summed E-state index contributed by atoms with van der Waals surface area (Å²) in [5.74, 6) is 1.04. The molecule has 0 unspecified atom stereocenters. The molecule has 1 spiro atoms. The number of rotatable bonds is 4. The first kappa shape index (κ1) is 14.7. The van der Waals surface area contributed by atoms with Crippen LogP contribution in [0.15, 0.2) is 18.6 Å². The van der Waals surface area contributed by atoms with Crippen LogP contribution in [0.5, 0.6) is 0 Å². The quantitative estimate of drug-likeness (QED) is 0.839. The maximum Gasteiger partial charge on any atom is 0.147 e. The number of piperidine rings is 1. The summed E-state index contributed by atoms with van der Waals surface area (Å²) in [6.07, 6.45) is 10.7. The average molecular weight is 289 g/mol. The molecule has 1 aromatic heterocycles. The minimum Gasteiger partial charge on any atom is -0.353 e. The van der Waals surface area contributed by atoms with Crippen LogP contribution in [0.25, 0.3) is 0 Å². The monoisotopic (exact) mass is 289 g/mol. The molecule has 0 N–H and O–H groups in total. The van der Waals surface area contributed by atoms with Crippen LogP contribution in [0, 0.1) is 0 Å². The number of nitrogens with zero attached hydrogens (tertiary/aromatic N) is 5. The van der Waals surface area contributed by atoms with Gasteiger partial charge in [-0.25, -0.2) is 4.98 Å². The van der Waals surface area contributed by atoms with E-state index in [1.54, 1.807) is 12.4 Å². The Morgan fingerprint density at radius 2 is 2.00 bits per heavy atom. The van der Waals surface area contributed by atoms with Crippen molar-refractivity contribution in [2.45, 2.75) is 31.2 Å². The highest BCUT2D eigenvalue weighted by atomic mass is 15.3. The number of hydrogen-bond donors (Lipinski definition) is 0. The molecule has 0 radical (unpaired) electrons. The summed E-state index contributed by atoms with van der Waals surface area (Å²) >= 11 is 0. The first-order chi connectivity index (χ1) is 10.2. The highest BCUT2D eigenvalue weighted by Gasteiger charge is 2.43. The third kappa shape index (κ3) is 3.19. The zero-order chi connectivity index (χ0) is 14.7. The van der Waals surface area contributed by atoms with Gasteiger partial charge in [0.2, 0.25) is 0 Å². The summed E-state index contributed by atoms with van der Waals surface area (Å²) in [7, 11) is 4.32. The third-order valence-corrected chi connectivity index (χ3v) is 4.99. The average Bonchev–Trinajstić information content (AvgIpc) is 2.88. The predicted octanol–water partition coefficient (Wildman–Crippen LogP) is 1.47. The first-order valence-electron chi connectivity index (χ1n) is 8.10. The van der Waals surface area contributed by atoms with Crippen LogP contribution in [-0.4, -0.2) is 72.1 Å². The van der Waals surface area contributed by atoms with Crippen LogP contribution in [0.4, 0.5) is 5.82 Å². The van der Waals surface area contributed by atoms with Gasteiger partial charge in [-0.3, -0.25) is 9.88 Å². The van der Waals surface area contributed by atoms with E-state index in [2.05, 4.69) is 38.8 Å². The second-order valence-corrected chi connectivity index (χ2v) is 6.71. The van der Waals surface area contributed by atoms with E-state index in [-0.39, 0.29) is 0 Å². The van der Waals surface area contributed by atoms with E-state index in [4.69, 9.17) is 0 Å². The number of hydrogen-bond acceptors (Lipinski definition) is 5. The fourth-order valence-electron chi connectivity index (χ4n) is 3.89. The molecule has 0 amide bonds. The molecule has 5 nitrogen and oxygen atoms in total. The van der Waals surface area contributed by atoms with Crippen LogP contribution < -0.4 is 4.90 Å². The number of likely N-dealkylation sites (N-methyl/N-ethyl adjacent to an activating group) is 1. The van der Waals surface area contributed by atoms with Crippen LogP contribution in [-0.2, 0) is 0 Å². The second kappa shape index (κ2) is 6.28. The normalized spacial score (nSPS) is 26.9. The fourth-order valence-corrected chi connectivity index (χ4v) is 3.89. The maximum atomic E-state index is 4.49. The molecule has 0 saturated carbocycles. The summed E-state index contributed by atoms with van der Waals surface area (Å²) in [4.78, 5) is 16.2. The minimum atomic E-state index is 0.367. The molecule has 2 saturated heterocycles. The fraction of sp³-hybridized carbons (Fsp3) is 0.750. The second-order valence-electron chi connectivity index (χ2n) is 6.71. The molecule has 1 atom stereocenters. The molecule has 3 heterocycles. The predicted molar refractivity (Wildman–Crippen MR) is 85.6 cm³/mol. The Labute approximate surface area is 128 Å². The highest BCUT2D eigenvalue weighted by molar-refractivity contribution is 5.37. The van der Waals surface area contributed by atoms with Crippen molar-refractivity contribution in [3.05, 3.63) is 18.6 Å². The Balaban J connectivity index is 1.71. The lowest BCUT2D eigenvalue weighted by atomic mass is 9.86. The molecule has 2 aliphatic heterocycles. The molecule has 3 rings (SSSR count). The van der Waals surface area contributed by atoms with Gasteiger partial charge in [0.05, 0.1) is 6.20 Å². The van der Waals surface area contributed by atoms with Crippen molar-refractivity contribution in [3.8, 4) is 0 Å². The van der Waals surface area contributed by atoms with E-state index in [1.807, 2.05) is 6.20 Å². The van der Waals surface area contributed by atoms with Gasteiger partial charge in [0, 0.05) is 44.1 Å². The highest BCUT2D eigenvalue weighted by Crippen LogP contribution is 2.37. The molecule has 0 aliphatic carbocycles. The van der Waals surface area contributed by atoms with Crippen molar-refractivity contribution in [2.75, 3.05) is 51.7 Å². The van der Waals surface area contributed by atoms with Crippen molar-refractivity contribution in [2.24, 2.45) is 0 Å². The van der Waals surface area contributed by atoms with Gasteiger partial charge < -0.3 is 9.80 Å². The largest absolute Gasteiger partial charge is 0.353 e. The number of anilines is 1. The lowest BCUT2D eigenvalue weighted by Crippen LogP contribution is -2.57. The summed E-state index contributed by atoms with van der Waals surface area (Å²) in [5, 5.41) is 0. The summed E-state index contributed by atoms with van der Waals surface area (Å²) in [6.45, 7) is 5.80. The van der Waals surface area contributed by atoms with Crippen LogP contribution >= 0.6 is 0 Å². The number of likely N-dealkylation sites (tertiary alicyclic amines) is 1. The minimum absolute atomic E-state index is 0.367. The van der Waals surface area contributed by atoms with E-state index in [0.29, 0.717) is 5.54 Å². The van der Waals surface area contributed by atoms with Gasteiger partial charge >= 0.3 is 0 Å². The zero-order valence-electron chi connectivity index (χ0n) is 13.3. The molecular weight excluding hydrogens is 262 g/mol. The summed E-state index contributed by atoms with van der Waals surface area (Å²) < 4.78 is 0. The van der Waals surface area contributed by atoms with E-state index in [9.17, 15) is 0 Å². The molecule has 5 heteroatoms. The van der Waals surface area contributed by atoms with Crippen LogP contribution in [0.1, 0.15) is 25.7 Å². The van der Waals surface area contributed by atoms with E-state index in [1.165, 1.54) is 38.8 Å². The molecule has 1 aromatic rings. The van der Waals surface area contributed by atoms with Gasteiger partial charge in [-0.2, -0.15) is 0 Å². The van der Waals surface area contributed by atoms with Crippen LogP contribution in [0.3, 0.4) is 0 Å². The molecule has 2 aliphatic rings. The topological polar surface area (TPSA) is 35.5 Å².